The first-order chi connectivity index (χ1) is 11.6. The Labute approximate surface area is 146 Å². The number of hydrogen-bond acceptors (Lipinski definition) is 4. The number of rotatable bonds is 6. The molecule has 0 spiro atoms. The van der Waals surface area contributed by atoms with Crippen molar-refractivity contribution in [3.8, 4) is 0 Å². The van der Waals surface area contributed by atoms with Gasteiger partial charge in [0.15, 0.2) is 0 Å². The van der Waals surface area contributed by atoms with Crippen molar-refractivity contribution in [2.45, 2.75) is 18.2 Å². The fourth-order valence-electron chi connectivity index (χ4n) is 2.25. The number of thioether (sulfide) groups is 1. The van der Waals surface area contributed by atoms with E-state index >= 15 is 0 Å². The van der Waals surface area contributed by atoms with Gasteiger partial charge in [0.1, 0.15) is 0 Å². The third kappa shape index (κ3) is 5.09. The maximum Gasteiger partial charge on any atom is 0.313 e. The van der Waals surface area contributed by atoms with Crippen molar-refractivity contribution in [3.05, 3.63) is 54.4 Å². The number of benzene rings is 1. The Morgan fingerprint density at radius 3 is 2.62 bits per heavy atom. The third-order valence-corrected chi connectivity index (χ3v) is 4.34. The highest BCUT2D eigenvalue weighted by molar-refractivity contribution is 7.98. The second-order valence-electron chi connectivity index (χ2n) is 5.18. The van der Waals surface area contributed by atoms with E-state index in [0.717, 1.165) is 10.5 Å². The number of pyridine rings is 1. The van der Waals surface area contributed by atoms with E-state index in [1.807, 2.05) is 43.5 Å². The fraction of sp³-hybridized carbons (Fsp3) is 0.278. The number of carbonyl (C=O) groups is 2. The Hall–Kier alpha value is -2.34. The predicted molar refractivity (Wildman–Crippen MR) is 97.0 cm³/mol. The van der Waals surface area contributed by atoms with Gasteiger partial charge in [0.25, 0.3) is 0 Å². The zero-order valence-electron chi connectivity index (χ0n) is 13.9. The number of nitrogens with zero attached hydrogens (tertiary/aromatic N) is 2. The predicted octanol–water partition coefficient (Wildman–Crippen LogP) is 2.83. The number of anilines is 1. The van der Waals surface area contributed by atoms with Crippen LogP contribution >= 0.6 is 11.8 Å². The summed E-state index contributed by atoms with van der Waals surface area (Å²) in [4.78, 5) is 31.1. The van der Waals surface area contributed by atoms with Gasteiger partial charge in [0, 0.05) is 36.1 Å². The molecule has 0 saturated carbocycles. The van der Waals surface area contributed by atoms with Crippen LogP contribution in [0.5, 0.6) is 0 Å². The quantitative estimate of drug-likeness (QED) is 0.647. The molecule has 1 aromatic carbocycles. The van der Waals surface area contributed by atoms with Crippen LogP contribution in [0.2, 0.25) is 0 Å². The Balaban J connectivity index is 1.95. The van der Waals surface area contributed by atoms with Crippen LogP contribution in [0.3, 0.4) is 0 Å². The van der Waals surface area contributed by atoms with Crippen molar-refractivity contribution < 1.29 is 9.59 Å². The molecule has 0 aliphatic carbocycles. The fourth-order valence-corrected chi connectivity index (χ4v) is 2.71. The molecule has 0 bridgehead atoms. The summed E-state index contributed by atoms with van der Waals surface area (Å²) in [5, 5.41) is 2.68. The lowest BCUT2D eigenvalue weighted by Gasteiger charge is -2.20. The number of amides is 2. The summed E-state index contributed by atoms with van der Waals surface area (Å²) in [5.74, 6) is -1.12. The topological polar surface area (TPSA) is 62.3 Å². The molecule has 0 fully saturated rings. The Bertz CT molecular complexity index is 692. The molecule has 0 aliphatic rings. The van der Waals surface area contributed by atoms with Crippen molar-refractivity contribution in [1.29, 1.82) is 0 Å². The monoisotopic (exact) mass is 343 g/mol. The van der Waals surface area contributed by atoms with Crippen molar-refractivity contribution in [3.63, 3.8) is 0 Å². The minimum Gasteiger partial charge on any atom is -0.334 e. The van der Waals surface area contributed by atoms with Crippen LogP contribution in [0.15, 0.2) is 53.7 Å². The standard InChI is InChI=1S/C18H21N3O2S/c1-3-21(12-9-14-7-10-19-11-8-14)18(23)17(22)20-15-5-4-6-16(13-15)24-2/h4-8,10-11,13H,3,9,12H2,1-2H3,(H,20,22). The van der Waals surface area contributed by atoms with Gasteiger partial charge in [0.2, 0.25) is 0 Å². The van der Waals surface area contributed by atoms with Gasteiger partial charge in [-0.3, -0.25) is 14.6 Å². The average molecular weight is 343 g/mol. The first-order valence-corrected chi connectivity index (χ1v) is 8.99. The van der Waals surface area contributed by atoms with Gasteiger partial charge in [-0.2, -0.15) is 0 Å². The van der Waals surface area contributed by atoms with E-state index in [1.54, 1.807) is 35.1 Å². The van der Waals surface area contributed by atoms with Gasteiger partial charge < -0.3 is 10.2 Å². The molecular weight excluding hydrogens is 322 g/mol. The van der Waals surface area contributed by atoms with Crippen LogP contribution in [0.25, 0.3) is 0 Å². The molecule has 0 atom stereocenters. The van der Waals surface area contributed by atoms with E-state index in [4.69, 9.17) is 0 Å². The molecule has 5 nitrogen and oxygen atoms in total. The summed E-state index contributed by atoms with van der Waals surface area (Å²) in [7, 11) is 0. The van der Waals surface area contributed by atoms with E-state index in [-0.39, 0.29) is 0 Å². The Morgan fingerprint density at radius 2 is 1.96 bits per heavy atom. The zero-order valence-corrected chi connectivity index (χ0v) is 14.7. The molecule has 2 aromatic rings. The molecule has 2 rings (SSSR count). The molecule has 0 unspecified atom stereocenters. The van der Waals surface area contributed by atoms with Crippen LogP contribution < -0.4 is 5.32 Å². The number of nitrogens with one attached hydrogen (secondary N) is 1. The van der Waals surface area contributed by atoms with E-state index in [1.165, 1.54) is 0 Å². The van der Waals surface area contributed by atoms with Gasteiger partial charge in [0.05, 0.1) is 0 Å². The largest absolute Gasteiger partial charge is 0.334 e. The lowest BCUT2D eigenvalue weighted by atomic mass is 10.2. The third-order valence-electron chi connectivity index (χ3n) is 3.61. The Kier molecular flexibility index (Phi) is 6.81. The summed E-state index contributed by atoms with van der Waals surface area (Å²) in [5.41, 5.74) is 1.72. The summed E-state index contributed by atoms with van der Waals surface area (Å²) in [6.45, 7) is 2.85. The maximum absolute atomic E-state index is 12.4. The van der Waals surface area contributed by atoms with Crippen LogP contribution in [0.4, 0.5) is 5.69 Å². The zero-order chi connectivity index (χ0) is 17.4. The molecule has 1 aromatic heterocycles. The molecule has 0 aliphatic heterocycles. The summed E-state index contributed by atoms with van der Waals surface area (Å²) >= 11 is 1.58. The van der Waals surface area contributed by atoms with Crippen LogP contribution in [-0.4, -0.2) is 41.0 Å². The molecule has 2 amide bonds. The van der Waals surface area contributed by atoms with Gasteiger partial charge in [-0.25, -0.2) is 0 Å². The molecule has 6 heteroatoms. The molecule has 1 heterocycles. The summed E-state index contributed by atoms with van der Waals surface area (Å²) < 4.78 is 0. The minimum atomic E-state index is -0.607. The van der Waals surface area contributed by atoms with E-state index in [9.17, 15) is 9.59 Å². The molecule has 1 N–H and O–H groups in total. The average Bonchev–Trinajstić information content (AvgIpc) is 2.63. The number of likely N-dealkylation sites (N-methyl/N-ethyl adjacent to an activating group) is 1. The molecular formula is C18H21N3O2S. The van der Waals surface area contributed by atoms with Gasteiger partial charge >= 0.3 is 11.8 Å². The van der Waals surface area contributed by atoms with Crippen LogP contribution in [0, 0.1) is 0 Å². The van der Waals surface area contributed by atoms with E-state index in [0.29, 0.717) is 25.2 Å². The SMILES string of the molecule is CCN(CCc1ccncc1)C(=O)C(=O)Nc1cccc(SC)c1. The van der Waals surface area contributed by atoms with Crippen molar-refractivity contribution in [2.24, 2.45) is 0 Å². The molecule has 0 radical (unpaired) electrons. The van der Waals surface area contributed by atoms with Gasteiger partial charge in [-0.05, 0) is 55.5 Å². The molecule has 0 saturated heterocycles. The van der Waals surface area contributed by atoms with Crippen molar-refractivity contribution in [1.82, 2.24) is 9.88 Å². The van der Waals surface area contributed by atoms with Crippen LogP contribution in [0.1, 0.15) is 12.5 Å². The van der Waals surface area contributed by atoms with Gasteiger partial charge in [-0.15, -0.1) is 11.8 Å². The lowest BCUT2D eigenvalue weighted by Crippen LogP contribution is -2.40. The molecule has 126 valence electrons. The van der Waals surface area contributed by atoms with E-state index in [2.05, 4.69) is 10.3 Å². The lowest BCUT2D eigenvalue weighted by molar-refractivity contribution is -0.143. The van der Waals surface area contributed by atoms with E-state index < -0.39 is 11.8 Å². The number of hydrogen-bond donors (Lipinski definition) is 1. The highest BCUT2D eigenvalue weighted by Crippen LogP contribution is 2.19. The van der Waals surface area contributed by atoms with Gasteiger partial charge in [-0.1, -0.05) is 6.07 Å². The first-order valence-electron chi connectivity index (χ1n) is 7.77. The highest BCUT2D eigenvalue weighted by atomic mass is 32.2. The highest BCUT2D eigenvalue weighted by Gasteiger charge is 2.20. The number of aromatic nitrogens is 1. The molecule has 24 heavy (non-hydrogen) atoms. The number of carbonyl (C=O) groups excluding carboxylic acids is 2. The smallest absolute Gasteiger partial charge is 0.313 e. The minimum absolute atomic E-state index is 0.488. The summed E-state index contributed by atoms with van der Waals surface area (Å²) in [6, 6.07) is 11.3. The second-order valence-corrected chi connectivity index (χ2v) is 6.06. The van der Waals surface area contributed by atoms with Crippen molar-refractivity contribution in [2.75, 3.05) is 24.7 Å². The summed E-state index contributed by atoms with van der Waals surface area (Å²) in [6.07, 6.45) is 6.10. The first kappa shape index (κ1) is 18.0. The van der Waals surface area contributed by atoms with Crippen LogP contribution in [-0.2, 0) is 16.0 Å². The van der Waals surface area contributed by atoms with Crippen molar-refractivity contribution >= 4 is 29.3 Å². The Morgan fingerprint density at radius 1 is 1.21 bits per heavy atom. The second kappa shape index (κ2) is 9.08. The maximum atomic E-state index is 12.4. The normalized spacial score (nSPS) is 10.2.